The van der Waals surface area contributed by atoms with E-state index >= 15 is 0 Å². The van der Waals surface area contributed by atoms with Crippen LogP contribution in [0.1, 0.15) is 11.3 Å². The maximum atomic E-state index is 12.4. The fraction of sp³-hybridized carbons (Fsp3) is 0.150. The molecule has 1 aliphatic heterocycles. The minimum absolute atomic E-state index is 0.106. The van der Waals surface area contributed by atoms with Gasteiger partial charge in [-0.25, -0.2) is 9.97 Å². The molecule has 1 amide bonds. The van der Waals surface area contributed by atoms with E-state index in [1.54, 1.807) is 22.7 Å². The second-order valence-corrected chi connectivity index (χ2v) is 8.84. The smallest absolute Gasteiger partial charge is 0.232 e. The summed E-state index contributed by atoms with van der Waals surface area (Å²) in [4.78, 5) is 21.5. The van der Waals surface area contributed by atoms with Gasteiger partial charge in [0.2, 0.25) is 5.91 Å². The van der Waals surface area contributed by atoms with Crippen molar-refractivity contribution in [1.29, 1.82) is 0 Å². The van der Waals surface area contributed by atoms with E-state index in [2.05, 4.69) is 26.7 Å². The van der Waals surface area contributed by atoms with Gasteiger partial charge in [-0.05, 0) is 35.2 Å². The maximum Gasteiger partial charge on any atom is 0.232 e. The van der Waals surface area contributed by atoms with Gasteiger partial charge < -0.3 is 10.1 Å². The lowest BCUT2D eigenvalue weighted by Crippen LogP contribution is -2.14. The average molecular weight is 426 g/mol. The summed E-state index contributed by atoms with van der Waals surface area (Å²) in [6.45, 7) is 0.738. The van der Waals surface area contributed by atoms with Gasteiger partial charge in [-0.2, -0.15) is 11.3 Å². The van der Waals surface area contributed by atoms with Crippen LogP contribution in [0.2, 0.25) is 0 Å². The molecule has 8 heteroatoms. The molecule has 0 saturated heterocycles. The molecule has 28 heavy (non-hydrogen) atoms. The number of thiazole rings is 2. The highest BCUT2D eigenvalue weighted by atomic mass is 32.1. The fourth-order valence-electron chi connectivity index (χ4n) is 3.04. The minimum Gasteiger partial charge on any atom is -0.493 e. The Bertz CT molecular complexity index is 1130. The van der Waals surface area contributed by atoms with E-state index in [1.165, 1.54) is 16.9 Å². The first-order chi connectivity index (χ1) is 13.7. The number of anilines is 1. The quantitative estimate of drug-likeness (QED) is 0.482. The fourth-order valence-corrected chi connectivity index (χ4v) is 5.31. The summed E-state index contributed by atoms with van der Waals surface area (Å²) >= 11 is 4.63. The molecule has 4 aromatic rings. The molecule has 0 aliphatic carbocycles. The summed E-state index contributed by atoms with van der Waals surface area (Å²) in [5.74, 6) is 0.850. The Morgan fingerprint density at radius 3 is 2.96 bits per heavy atom. The molecule has 0 spiro atoms. The van der Waals surface area contributed by atoms with Gasteiger partial charge in [0.05, 0.1) is 24.4 Å². The largest absolute Gasteiger partial charge is 0.493 e. The summed E-state index contributed by atoms with van der Waals surface area (Å²) in [6.07, 6.45) is 1.17. The van der Waals surface area contributed by atoms with Crippen molar-refractivity contribution in [2.75, 3.05) is 11.9 Å². The van der Waals surface area contributed by atoms with E-state index in [4.69, 9.17) is 4.74 Å². The number of benzene rings is 1. The zero-order chi connectivity index (χ0) is 18.9. The van der Waals surface area contributed by atoms with Crippen LogP contribution in [0.25, 0.3) is 21.8 Å². The van der Waals surface area contributed by atoms with Gasteiger partial charge in [-0.15, -0.1) is 22.7 Å². The molecule has 0 fully saturated rings. The summed E-state index contributed by atoms with van der Waals surface area (Å²) < 4.78 is 5.55. The number of carbonyl (C=O) groups excluding carboxylic acids is 1. The molecule has 140 valence electrons. The molecule has 1 N–H and O–H groups in total. The standard InChI is InChI=1S/C20H15N3O2S3/c24-18(8-15-10-27-19(21-15)14-4-6-26-9-14)23-20-22-16(11-28-20)12-1-2-17-13(7-12)3-5-25-17/h1-2,4,6-7,9-11H,3,5,8H2,(H,22,23,24). The highest BCUT2D eigenvalue weighted by Crippen LogP contribution is 2.32. The Morgan fingerprint density at radius 2 is 2.07 bits per heavy atom. The number of nitrogens with zero attached hydrogens (tertiary/aromatic N) is 2. The van der Waals surface area contributed by atoms with Gasteiger partial charge in [0.1, 0.15) is 10.8 Å². The van der Waals surface area contributed by atoms with Crippen molar-refractivity contribution in [3.8, 4) is 27.6 Å². The Hall–Kier alpha value is -2.55. The van der Waals surface area contributed by atoms with Crippen molar-refractivity contribution >= 4 is 45.0 Å². The third-order valence-electron chi connectivity index (χ3n) is 4.40. The van der Waals surface area contributed by atoms with Crippen LogP contribution in [0.15, 0.2) is 45.8 Å². The zero-order valence-electron chi connectivity index (χ0n) is 14.7. The van der Waals surface area contributed by atoms with E-state index in [0.717, 1.165) is 46.3 Å². The second-order valence-electron chi connectivity index (χ2n) is 6.34. The van der Waals surface area contributed by atoms with Crippen LogP contribution < -0.4 is 10.1 Å². The van der Waals surface area contributed by atoms with E-state index in [9.17, 15) is 4.79 Å². The first-order valence-corrected chi connectivity index (χ1v) is 11.4. The summed E-state index contributed by atoms with van der Waals surface area (Å²) in [7, 11) is 0. The second kappa shape index (κ2) is 7.46. The van der Waals surface area contributed by atoms with E-state index in [-0.39, 0.29) is 12.3 Å². The topological polar surface area (TPSA) is 64.1 Å². The van der Waals surface area contributed by atoms with Crippen molar-refractivity contribution in [1.82, 2.24) is 9.97 Å². The summed E-state index contributed by atoms with van der Waals surface area (Å²) in [6, 6.07) is 8.15. The van der Waals surface area contributed by atoms with Gasteiger partial charge in [0.25, 0.3) is 0 Å². The average Bonchev–Trinajstić information content (AvgIpc) is 3.47. The monoisotopic (exact) mass is 425 g/mol. The number of thiophene rings is 1. The van der Waals surface area contributed by atoms with Crippen molar-refractivity contribution < 1.29 is 9.53 Å². The number of ether oxygens (including phenoxy) is 1. The van der Waals surface area contributed by atoms with Gasteiger partial charge in [-0.1, -0.05) is 0 Å². The lowest BCUT2D eigenvalue weighted by molar-refractivity contribution is -0.115. The van der Waals surface area contributed by atoms with Crippen LogP contribution in [0.5, 0.6) is 5.75 Å². The predicted octanol–water partition coefficient (Wildman–Crippen LogP) is 5.11. The van der Waals surface area contributed by atoms with Gasteiger partial charge in [-0.3, -0.25) is 4.79 Å². The first kappa shape index (κ1) is 17.5. The number of rotatable bonds is 5. The third-order valence-corrected chi connectivity index (χ3v) is 6.78. The minimum atomic E-state index is -0.106. The molecule has 0 atom stereocenters. The lowest BCUT2D eigenvalue weighted by atomic mass is 10.1. The molecule has 0 bridgehead atoms. The number of hydrogen-bond acceptors (Lipinski definition) is 7. The van der Waals surface area contributed by atoms with Crippen LogP contribution in [-0.2, 0) is 17.6 Å². The van der Waals surface area contributed by atoms with Crippen LogP contribution in [0.4, 0.5) is 5.13 Å². The number of carbonyl (C=O) groups is 1. The molecule has 0 unspecified atom stereocenters. The normalized spacial score (nSPS) is 12.6. The Labute approximate surface area is 173 Å². The maximum absolute atomic E-state index is 12.4. The molecule has 0 radical (unpaired) electrons. The van der Waals surface area contributed by atoms with Crippen molar-refractivity contribution in [3.63, 3.8) is 0 Å². The predicted molar refractivity (Wildman–Crippen MR) is 115 cm³/mol. The van der Waals surface area contributed by atoms with Crippen molar-refractivity contribution in [3.05, 3.63) is 57.0 Å². The van der Waals surface area contributed by atoms with Crippen LogP contribution >= 0.6 is 34.0 Å². The van der Waals surface area contributed by atoms with Gasteiger partial charge >= 0.3 is 0 Å². The third kappa shape index (κ3) is 3.58. The molecule has 5 rings (SSSR count). The van der Waals surface area contributed by atoms with E-state index < -0.39 is 0 Å². The van der Waals surface area contributed by atoms with E-state index in [1.807, 2.05) is 34.3 Å². The molecule has 1 aromatic carbocycles. The molecule has 3 aromatic heterocycles. The number of amides is 1. The highest BCUT2D eigenvalue weighted by Gasteiger charge is 2.15. The lowest BCUT2D eigenvalue weighted by Gasteiger charge is -2.02. The number of hydrogen-bond donors (Lipinski definition) is 1. The molecular weight excluding hydrogens is 410 g/mol. The highest BCUT2D eigenvalue weighted by molar-refractivity contribution is 7.14. The number of aromatic nitrogens is 2. The van der Waals surface area contributed by atoms with Crippen LogP contribution in [0.3, 0.4) is 0 Å². The van der Waals surface area contributed by atoms with Crippen LogP contribution in [0, 0.1) is 0 Å². The van der Waals surface area contributed by atoms with Gasteiger partial charge in [0.15, 0.2) is 5.13 Å². The SMILES string of the molecule is O=C(Cc1csc(-c2ccsc2)n1)Nc1nc(-c2ccc3c(c2)CCO3)cs1. The first-order valence-electron chi connectivity index (χ1n) is 8.73. The number of fused-ring (bicyclic) bond motifs is 1. The van der Waals surface area contributed by atoms with Crippen molar-refractivity contribution in [2.24, 2.45) is 0 Å². The summed E-state index contributed by atoms with van der Waals surface area (Å²) in [5.41, 5.74) is 5.00. The van der Waals surface area contributed by atoms with Crippen LogP contribution in [-0.4, -0.2) is 22.5 Å². The number of nitrogens with one attached hydrogen (secondary N) is 1. The molecule has 4 heterocycles. The zero-order valence-corrected chi connectivity index (χ0v) is 17.1. The molecular formula is C20H15N3O2S3. The van der Waals surface area contributed by atoms with Crippen molar-refractivity contribution in [2.45, 2.75) is 12.8 Å². The Kier molecular flexibility index (Phi) is 4.67. The van der Waals surface area contributed by atoms with E-state index in [0.29, 0.717) is 5.13 Å². The Morgan fingerprint density at radius 1 is 1.11 bits per heavy atom. The molecule has 0 saturated carbocycles. The molecule has 5 nitrogen and oxygen atoms in total. The summed E-state index contributed by atoms with van der Waals surface area (Å²) in [5, 5.41) is 12.4. The molecule has 1 aliphatic rings. The van der Waals surface area contributed by atoms with Gasteiger partial charge in [0, 0.05) is 33.7 Å². The Balaban J connectivity index is 1.25.